The van der Waals surface area contributed by atoms with Crippen LogP contribution in [0.3, 0.4) is 0 Å². The van der Waals surface area contributed by atoms with Gasteiger partial charge in [0.1, 0.15) is 12.2 Å². The van der Waals surface area contributed by atoms with Gasteiger partial charge in [-0.1, -0.05) is 0 Å². The van der Waals surface area contributed by atoms with Crippen LogP contribution in [0.1, 0.15) is 13.3 Å². The van der Waals surface area contributed by atoms with E-state index in [1.165, 1.54) is 6.92 Å². The summed E-state index contributed by atoms with van der Waals surface area (Å²) in [7, 11) is 1.55. The Labute approximate surface area is 93.4 Å². The van der Waals surface area contributed by atoms with Gasteiger partial charge in [0, 0.05) is 20.5 Å². The second-order valence-corrected chi connectivity index (χ2v) is 3.97. The van der Waals surface area contributed by atoms with Gasteiger partial charge in [0.15, 0.2) is 12.4 Å². The number of fused-ring (bicyclic) bond motifs is 1. The van der Waals surface area contributed by atoms with Crippen LogP contribution in [0.15, 0.2) is 0 Å². The van der Waals surface area contributed by atoms with E-state index in [1.54, 1.807) is 7.11 Å². The van der Waals surface area contributed by atoms with Gasteiger partial charge in [-0.2, -0.15) is 0 Å². The Bertz CT molecular complexity index is 268. The number of rotatable bonds is 3. The van der Waals surface area contributed by atoms with E-state index >= 15 is 0 Å². The van der Waals surface area contributed by atoms with Gasteiger partial charge in [0.05, 0.1) is 12.7 Å². The van der Waals surface area contributed by atoms with Gasteiger partial charge in [-0.05, 0) is 0 Å². The van der Waals surface area contributed by atoms with Crippen LogP contribution in [0.5, 0.6) is 0 Å². The van der Waals surface area contributed by atoms with E-state index in [-0.39, 0.29) is 25.1 Å². The van der Waals surface area contributed by atoms with Crippen molar-refractivity contribution in [3.8, 4) is 0 Å². The average molecular weight is 232 g/mol. The number of carbonyl (C=O) groups is 1. The Morgan fingerprint density at radius 3 is 2.81 bits per heavy atom. The Morgan fingerprint density at radius 2 is 2.25 bits per heavy atom. The van der Waals surface area contributed by atoms with Crippen molar-refractivity contribution in [3.05, 3.63) is 0 Å². The van der Waals surface area contributed by atoms with E-state index in [9.17, 15) is 4.79 Å². The quantitative estimate of drug-likeness (QED) is 0.657. The van der Waals surface area contributed by atoms with Crippen LogP contribution in [0.4, 0.5) is 0 Å². The molecule has 6 nitrogen and oxygen atoms in total. The molecule has 0 bridgehead atoms. The van der Waals surface area contributed by atoms with Crippen LogP contribution in [0, 0.1) is 0 Å². The summed E-state index contributed by atoms with van der Waals surface area (Å²) in [5.74, 6) is -0.405. The van der Waals surface area contributed by atoms with Crippen molar-refractivity contribution < 1.29 is 28.8 Å². The largest absolute Gasteiger partial charge is 0.457 e. The maximum atomic E-state index is 11.0. The smallest absolute Gasteiger partial charge is 0.303 e. The minimum Gasteiger partial charge on any atom is -0.457 e. The average Bonchev–Trinajstić information content (AvgIpc) is 2.76. The van der Waals surface area contributed by atoms with E-state index in [2.05, 4.69) is 0 Å². The van der Waals surface area contributed by atoms with Gasteiger partial charge in [0.25, 0.3) is 0 Å². The molecule has 2 saturated heterocycles. The Morgan fingerprint density at radius 1 is 1.50 bits per heavy atom. The zero-order valence-corrected chi connectivity index (χ0v) is 9.29. The van der Waals surface area contributed by atoms with E-state index in [1.807, 2.05) is 0 Å². The van der Waals surface area contributed by atoms with Crippen LogP contribution in [0.25, 0.3) is 0 Å². The van der Waals surface area contributed by atoms with Crippen LogP contribution < -0.4 is 0 Å². The van der Waals surface area contributed by atoms with Gasteiger partial charge in [-0.15, -0.1) is 0 Å². The molecule has 0 radical (unpaired) electrons. The van der Waals surface area contributed by atoms with Gasteiger partial charge in [-0.3, -0.25) is 4.79 Å². The molecule has 0 aromatic rings. The van der Waals surface area contributed by atoms with Crippen LogP contribution in [-0.2, 0) is 23.7 Å². The zero-order valence-electron chi connectivity index (χ0n) is 9.29. The van der Waals surface area contributed by atoms with Crippen molar-refractivity contribution in [3.63, 3.8) is 0 Å². The highest BCUT2D eigenvalue weighted by Crippen LogP contribution is 2.36. The Balaban J connectivity index is 2.04. The molecular weight excluding hydrogens is 216 g/mol. The number of aliphatic hydroxyl groups is 1. The minimum atomic E-state index is -0.548. The van der Waals surface area contributed by atoms with Gasteiger partial charge in [-0.25, -0.2) is 0 Å². The number of hydrogen-bond acceptors (Lipinski definition) is 6. The molecule has 2 rings (SSSR count). The van der Waals surface area contributed by atoms with Crippen LogP contribution >= 0.6 is 0 Å². The number of hydrogen-bond donors (Lipinski definition) is 1. The van der Waals surface area contributed by atoms with Crippen molar-refractivity contribution in [1.29, 1.82) is 0 Å². The van der Waals surface area contributed by atoms with E-state index in [4.69, 9.17) is 24.1 Å². The predicted molar refractivity (Wildman–Crippen MR) is 51.6 cm³/mol. The SMILES string of the molecule is COC1C[C@H]2O[C@H](CO)[C@@H](OC(C)=O)[C@H]2O1. The molecule has 1 N–H and O–H groups in total. The normalized spacial score (nSPS) is 42.1. The summed E-state index contributed by atoms with van der Waals surface area (Å²) in [6, 6.07) is 0. The molecule has 6 heteroatoms. The van der Waals surface area contributed by atoms with Gasteiger partial charge >= 0.3 is 5.97 Å². The maximum absolute atomic E-state index is 11.0. The standard InChI is InChI=1S/C10H16O6/c1-5(12)14-10-7(4-11)15-6-3-8(13-2)16-9(6)10/h6-11H,3-4H2,1-2H3/t6-,7-,8?,9+,10-/m1/s1. The van der Waals surface area contributed by atoms with Crippen LogP contribution in [0.2, 0.25) is 0 Å². The summed E-state index contributed by atoms with van der Waals surface area (Å²) in [5, 5.41) is 9.12. The summed E-state index contributed by atoms with van der Waals surface area (Å²) in [6.07, 6.45) is -1.30. The fourth-order valence-corrected chi connectivity index (χ4v) is 2.21. The van der Waals surface area contributed by atoms with Crippen molar-refractivity contribution in [2.45, 2.75) is 44.1 Å². The monoisotopic (exact) mass is 232 g/mol. The Kier molecular flexibility index (Phi) is 3.44. The molecule has 2 aliphatic heterocycles. The zero-order chi connectivity index (χ0) is 11.7. The highest BCUT2D eigenvalue weighted by atomic mass is 16.7. The third-order valence-corrected chi connectivity index (χ3v) is 2.88. The lowest BCUT2D eigenvalue weighted by Crippen LogP contribution is -2.38. The fourth-order valence-electron chi connectivity index (χ4n) is 2.21. The van der Waals surface area contributed by atoms with E-state index in [0.717, 1.165) is 0 Å². The molecular formula is C10H16O6. The molecule has 92 valence electrons. The summed E-state index contributed by atoms with van der Waals surface area (Å²) >= 11 is 0. The third-order valence-electron chi connectivity index (χ3n) is 2.88. The minimum absolute atomic E-state index is 0.175. The van der Waals surface area contributed by atoms with E-state index < -0.39 is 18.2 Å². The number of esters is 1. The van der Waals surface area contributed by atoms with Crippen molar-refractivity contribution >= 4 is 5.97 Å². The molecule has 2 fully saturated rings. The number of methoxy groups -OCH3 is 1. The summed E-state index contributed by atoms with van der Waals surface area (Å²) < 4.78 is 21.3. The molecule has 2 aliphatic rings. The highest BCUT2D eigenvalue weighted by Gasteiger charge is 2.52. The summed E-state index contributed by atoms with van der Waals surface area (Å²) in [6.45, 7) is 1.14. The summed E-state index contributed by atoms with van der Waals surface area (Å²) in [5.41, 5.74) is 0. The molecule has 0 saturated carbocycles. The number of aliphatic hydroxyl groups excluding tert-OH is 1. The first-order valence-corrected chi connectivity index (χ1v) is 5.27. The van der Waals surface area contributed by atoms with Gasteiger partial charge < -0.3 is 24.1 Å². The van der Waals surface area contributed by atoms with E-state index in [0.29, 0.717) is 6.42 Å². The second-order valence-electron chi connectivity index (χ2n) is 3.97. The topological polar surface area (TPSA) is 74.2 Å². The maximum Gasteiger partial charge on any atom is 0.303 e. The molecule has 2 heterocycles. The van der Waals surface area contributed by atoms with Gasteiger partial charge in [0.2, 0.25) is 0 Å². The molecule has 0 aromatic heterocycles. The first kappa shape index (κ1) is 11.8. The molecule has 0 spiro atoms. The molecule has 16 heavy (non-hydrogen) atoms. The fraction of sp³-hybridized carbons (Fsp3) is 0.900. The van der Waals surface area contributed by atoms with Crippen LogP contribution in [-0.4, -0.2) is 55.5 Å². The molecule has 0 aliphatic carbocycles. The number of carbonyl (C=O) groups excluding carboxylic acids is 1. The lowest BCUT2D eigenvalue weighted by molar-refractivity contribution is -0.171. The van der Waals surface area contributed by atoms with Crippen molar-refractivity contribution in [2.75, 3.05) is 13.7 Å². The molecule has 1 unspecified atom stereocenters. The number of ether oxygens (including phenoxy) is 4. The molecule has 0 amide bonds. The van der Waals surface area contributed by atoms with Crippen molar-refractivity contribution in [1.82, 2.24) is 0 Å². The Hall–Kier alpha value is -0.690. The third kappa shape index (κ3) is 2.06. The molecule has 5 atom stereocenters. The lowest BCUT2D eigenvalue weighted by Gasteiger charge is -2.21. The predicted octanol–water partition coefficient (Wildman–Crippen LogP) is -0.561. The lowest BCUT2D eigenvalue weighted by atomic mass is 10.1. The first-order valence-electron chi connectivity index (χ1n) is 5.27. The first-order chi connectivity index (χ1) is 7.65. The highest BCUT2D eigenvalue weighted by molar-refractivity contribution is 5.66. The molecule has 0 aromatic carbocycles. The summed E-state index contributed by atoms with van der Waals surface area (Å²) in [4.78, 5) is 11.0. The van der Waals surface area contributed by atoms with Crippen molar-refractivity contribution in [2.24, 2.45) is 0 Å². The second kappa shape index (κ2) is 4.67.